The Labute approximate surface area is 267 Å². The molecule has 19 heteroatoms. The minimum absolute atomic E-state index is 0.0221. The monoisotopic (exact) mass is 597 g/mol. The van der Waals surface area contributed by atoms with Gasteiger partial charge >= 0.3 is 0 Å². The minimum Gasteiger partial charge on any atom is -0.477 e. The lowest BCUT2D eigenvalue weighted by atomic mass is 9.15. The van der Waals surface area contributed by atoms with Crippen molar-refractivity contribution in [2.75, 3.05) is 23.8 Å². The van der Waals surface area contributed by atoms with Crippen LogP contribution in [-0.4, -0.2) is 108 Å². The number of aromatic nitrogens is 4. The van der Waals surface area contributed by atoms with Crippen LogP contribution < -0.4 is 20.1 Å². The zero-order chi connectivity index (χ0) is 32.9. The van der Waals surface area contributed by atoms with Crippen molar-refractivity contribution in [1.82, 2.24) is 24.5 Å². The van der Waals surface area contributed by atoms with Gasteiger partial charge in [-0.3, -0.25) is 4.79 Å². The summed E-state index contributed by atoms with van der Waals surface area (Å²) in [6, 6.07) is 7.10. The van der Waals surface area contributed by atoms with Crippen LogP contribution in [-0.2, 0) is 10.0 Å². The number of sulfonamides is 1. The third-order valence-corrected chi connectivity index (χ3v) is 8.92. The molecule has 0 unspecified atom stereocenters. The van der Waals surface area contributed by atoms with Crippen LogP contribution in [0.4, 0.5) is 11.6 Å². The van der Waals surface area contributed by atoms with Gasteiger partial charge in [0.1, 0.15) is 16.5 Å². The Morgan fingerprint density at radius 1 is 1.11 bits per heavy atom. The minimum atomic E-state index is -4.35. The Balaban J connectivity index is 1.68. The molecule has 3 aromatic heterocycles. The number of carbonyl (C=O) groups is 1. The fourth-order valence-corrected chi connectivity index (χ4v) is 6.14. The molecule has 3 N–H and O–H groups in total. The first-order valence-electron chi connectivity index (χ1n) is 13.4. The predicted octanol–water partition coefficient (Wildman–Crippen LogP) is -0.148. The van der Waals surface area contributed by atoms with Crippen LogP contribution in [0.15, 0.2) is 47.6 Å². The molecule has 1 aliphatic rings. The molecule has 11 nitrogen and oxygen atoms in total. The summed E-state index contributed by atoms with van der Waals surface area (Å²) in [7, 11) is 36.5. The highest BCUT2D eigenvalue weighted by atomic mass is 32.2. The van der Waals surface area contributed by atoms with E-state index in [4.69, 9.17) is 70.4 Å². The molecular weight excluding hydrogens is 570 g/mol. The maximum Gasteiger partial charge on any atom is 0.268 e. The smallest absolute Gasteiger partial charge is 0.268 e. The maximum absolute atomic E-state index is 13.5. The number of nitrogens with zero attached hydrogens (tertiary/aromatic N) is 5. The maximum atomic E-state index is 13.5. The molecular formula is C25H26B7N7O4S. The number of carbonyl (C=O) groups excluding carboxylic acids is 1. The Bertz CT molecular complexity index is 1640. The van der Waals surface area contributed by atoms with Gasteiger partial charge in [0.25, 0.3) is 15.9 Å². The fourth-order valence-electron chi connectivity index (χ4n) is 5.10. The Hall–Kier alpha value is -3.22. The predicted molar refractivity (Wildman–Crippen MR) is 174 cm³/mol. The largest absolute Gasteiger partial charge is 0.477 e. The van der Waals surface area contributed by atoms with Crippen molar-refractivity contribution < 1.29 is 17.9 Å². The van der Waals surface area contributed by atoms with Crippen LogP contribution in [0, 0.1) is 5.92 Å². The van der Waals surface area contributed by atoms with Crippen molar-refractivity contribution in [3.63, 3.8) is 0 Å². The number of ether oxygens (including phenoxy) is 1. The van der Waals surface area contributed by atoms with E-state index in [1.807, 2.05) is 18.7 Å². The normalized spacial score (nSPS) is 17.3. The molecule has 1 saturated heterocycles. The molecule has 1 aliphatic heterocycles. The number of nitrogens with two attached hydrogens (primary N) is 1. The second-order valence-corrected chi connectivity index (χ2v) is 13.5. The number of anilines is 2. The van der Waals surface area contributed by atoms with Crippen molar-refractivity contribution in [2.24, 2.45) is 5.92 Å². The van der Waals surface area contributed by atoms with Crippen molar-refractivity contribution >= 4 is 82.5 Å². The number of pyridine rings is 2. The van der Waals surface area contributed by atoms with Gasteiger partial charge in [-0.1, -0.05) is 12.2 Å². The van der Waals surface area contributed by atoms with Gasteiger partial charge in [0, 0.05) is 30.5 Å². The number of nitrogen functional groups attached to an aromatic ring is 1. The van der Waals surface area contributed by atoms with Crippen molar-refractivity contribution in [3.8, 4) is 11.7 Å². The molecule has 212 valence electrons. The average molecular weight is 596 g/mol. The summed E-state index contributed by atoms with van der Waals surface area (Å²) in [5.41, 5.74) is 5.36. The van der Waals surface area contributed by atoms with E-state index in [2.05, 4.69) is 21.7 Å². The molecule has 0 aliphatic carbocycles. The zero-order valence-electron chi connectivity index (χ0n) is 24.6. The van der Waals surface area contributed by atoms with Crippen LogP contribution in [0.5, 0.6) is 5.88 Å². The third kappa shape index (κ3) is 6.57. The molecule has 0 bridgehead atoms. The van der Waals surface area contributed by atoms with Gasteiger partial charge in [-0.2, -0.15) is 0 Å². The second kappa shape index (κ2) is 11.6. The van der Waals surface area contributed by atoms with E-state index >= 15 is 0 Å². The highest BCUT2D eigenvalue weighted by molar-refractivity contribution is 7.90. The van der Waals surface area contributed by atoms with Crippen LogP contribution in [0.3, 0.4) is 0 Å². The summed E-state index contributed by atoms with van der Waals surface area (Å²) in [4.78, 5) is 23.6. The van der Waals surface area contributed by atoms with Gasteiger partial charge < -0.3 is 15.4 Å². The van der Waals surface area contributed by atoms with Crippen molar-refractivity contribution in [3.05, 3.63) is 48.3 Å². The Morgan fingerprint density at radius 3 is 2.34 bits per heavy atom. The molecule has 3 aromatic rings. The van der Waals surface area contributed by atoms with Crippen LogP contribution in [0.25, 0.3) is 5.82 Å². The van der Waals surface area contributed by atoms with Crippen LogP contribution in [0.1, 0.15) is 37.6 Å². The summed E-state index contributed by atoms with van der Waals surface area (Å²) < 4.78 is 35.2. The van der Waals surface area contributed by atoms with E-state index in [9.17, 15) is 13.2 Å². The number of amides is 1. The molecule has 14 radical (unpaired) electrons. The van der Waals surface area contributed by atoms with Crippen LogP contribution in [0.2, 0.25) is 15.5 Å². The SMILES string of the molecule is [B]C([B])([B])C([B])(COc1ccn(-c2ccc(C(=O)NS(=O)(=O)c3cccnc3N)c(N3C[C@@H](C)CC3(C)C)n2)n1)C([B])([B])[B]. The highest BCUT2D eigenvalue weighted by Gasteiger charge is 2.44. The van der Waals surface area contributed by atoms with E-state index in [-0.39, 0.29) is 39.7 Å². The number of hydrogen-bond acceptors (Lipinski definition) is 9. The standard InChI is InChI=1S/C25H26B7N7O4S/c1-14-11-22(2,3)38(12-14)20-15(21(40)37-44(41,42)16-5-4-9-34-19(16)33)6-7-17(35-20)39-10-8-18(36-39)43-13-23(26,24(27,28)29)25(30,31)32/h4-10,14H,11-13H2,1-3H3,(H2,33,34)(H,37,40)/t14-/m0/s1. The van der Waals surface area contributed by atoms with Gasteiger partial charge in [0.05, 0.1) is 67.1 Å². The van der Waals surface area contributed by atoms with Crippen molar-refractivity contribution in [1.29, 1.82) is 0 Å². The van der Waals surface area contributed by atoms with E-state index in [0.717, 1.165) is 6.42 Å². The van der Waals surface area contributed by atoms with Crippen LogP contribution >= 0.6 is 0 Å². The molecule has 1 amide bonds. The lowest BCUT2D eigenvalue weighted by molar-refractivity contribution is 0.0981. The first-order valence-corrected chi connectivity index (χ1v) is 14.9. The molecule has 1 atom stereocenters. The molecule has 0 aromatic carbocycles. The van der Waals surface area contributed by atoms with Gasteiger partial charge in [-0.25, -0.2) is 27.8 Å². The molecule has 1 fully saturated rings. The first kappa shape index (κ1) is 33.7. The van der Waals surface area contributed by atoms with E-state index < -0.39 is 43.6 Å². The quantitative estimate of drug-likeness (QED) is 0.306. The summed E-state index contributed by atoms with van der Waals surface area (Å²) in [5.74, 6) is -0.286. The molecule has 4 rings (SSSR count). The average Bonchev–Trinajstić information content (AvgIpc) is 3.48. The van der Waals surface area contributed by atoms with E-state index in [0.29, 0.717) is 6.54 Å². The van der Waals surface area contributed by atoms with E-state index in [1.165, 1.54) is 47.4 Å². The van der Waals surface area contributed by atoms with Crippen molar-refractivity contribution in [2.45, 2.75) is 53.2 Å². The first-order chi connectivity index (χ1) is 20.2. The third-order valence-electron chi connectivity index (χ3n) is 7.54. The summed E-state index contributed by atoms with van der Waals surface area (Å²) >= 11 is 0. The summed E-state index contributed by atoms with van der Waals surface area (Å²) in [6.07, 6.45) is 3.68. The van der Waals surface area contributed by atoms with Gasteiger partial charge in [-0.15, -0.1) is 15.3 Å². The van der Waals surface area contributed by atoms with Gasteiger partial charge in [0.2, 0.25) is 5.88 Å². The summed E-state index contributed by atoms with van der Waals surface area (Å²) in [6.45, 7) is 6.17. The zero-order valence-corrected chi connectivity index (χ0v) is 25.5. The molecule has 44 heavy (non-hydrogen) atoms. The van der Waals surface area contributed by atoms with Gasteiger partial charge in [0.15, 0.2) is 5.82 Å². The molecule has 0 spiro atoms. The highest BCUT2D eigenvalue weighted by Crippen LogP contribution is 2.55. The fraction of sp³-hybridized carbons (Fsp3) is 0.440. The molecule has 0 saturated carbocycles. The molecule has 4 heterocycles. The number of hydrogen-bond donors (Lipinski definition) is 2. The summed E-state index contributed by atoms with van der Waals surface area (Å²) in [5, 5.41) is -1.87. The Kier molecular flexibility index (Phi) is 8.89. The number of nitrogens with one attached hydrogen (secondary N) is 1. The van der Waals surface area contributed by atoms with E-state index in [1.54, 1.807) is 0 Å². The Morgan fingerprint density at radius 2 is 1.77 bits per heavy atom. The van der Waals surface area contributed by atoms with Gasteiger partial charge in [-0.05, 0) is 50.5 Å². The lowest BCUT2D eigenvalue weighted by Crippen LogP contribution is -2.47. The lowest BCUT2D eigenvalue weighted by Gasteiger charge is -2.54. The second-order valence-electron chi connectivity index (χ2n) is 11.8. The topological polar surface area (TPSA) is 145 Å². The number of rotatable bonds is 10.